The summed E-state index contributed by atoms with van der Waals surface area (Å²) in [5, 5.41) is 1.14. The number of aryl methyl sites for hydroxylation is 2. The Kier molecular flexibility index (Phi) is 3.08. The number of hydrogen-bond donors (Lipinski definition) is 1. The van der Waals surface area contributed by atoms with Gasteiger partial charge in [0.25, 0.3) is 5.91 Å². The quantitative estimate of drug-likeness (QED) is 0.730. The fraction of sp³-hybridized carbons (Fsp3) is 0.316. The van der Waals surface area contributed by atoms with E-state index >= 15 is 0 Å². The molecule has 1 aromatic carbocycles. The van der Waals surface area contributed by atoms with Crippen LogP contribution in [0.2, 0.25) is 0 Å². The molecule has 4 heteroatoms. The SMILES string of the molecule is Cc1[nH]c2ccc(C(=O)N3CCn4cccc4C3C)cc2c1C. The zero-order valence-corrected chi connectivity index (χ0v) is 13.8. The summed E-state index contributed by atoms with van der Waals surface area (Å²) in [6, 6.07) is 10.2. The second-order valence-corrected chi connectivity index (χ2v) is 6.44. The number of amides is 1. The highest BCUT2D eigenvalue weighted by Gasteiger charge is 2.28. The normalized spacial score (nSPS) is 17.5. The summed E-state index contributed by atoms with van der Waals surface area (Å²) >= 11 is 0. The fourth-order valence-corrected chi connectivity index (χ4v) is 3.62. The van der Waals surface area contributed by atoms with Crippen molar-refractivity contribution in [1.29, 1.82) is 0 Å². The number of carbonyl (C=O) groups is 1. The molecule has 23 heavy (non-hydrogen) atoms. The van der Waals surface area contributed by atoms with Crippen LogP contribution in [-0.2, 0) is 6.54 Å². The minimum Gasteiger partial charge on any atom is -0.358 e. The fourth-order valence-electron chi connectivity index (χ4n) is 3.62. The van der Waals surface area contributed by atoms with E-state index in [1.807, 2.05) is 23.1 Å². The van der Waals surface area contributed by atoms with Crippen molar-refractivity contribution < 1.29 is 4.79 Å². The van der Waals surface area contributed by atoms with Crippen LogP contribution in [0.1, 0.15) is 40.3 Å². The number of benzene rings is 1. The summed E-state index contributed by atoms with van der Waals surface area (Å²) in [6.07, 6.45) is 2.09. The van der Waals surface area contributed by atoms with Gasteiger partial charge in [-0.25, -0.2) is 0 Å². The molecule has 0 bridgehead atoms. The van der Waals surface area contributed by atoms with E-state index in [0.29, 0.717) is 0 Å². The lowest BCUT2D eigenvalue weighted by Gasteiger charge is -2.35. The minimum absolute atomic E-state index is 0.107. The number of carbonyl (C=O) groups excluding carboxylic acids is 1. The third-order valence-electron chi connectivity index (χ3n) is 5.16. The van der Waals surface area contributed by atoms with Crippen LogP contribution in [0.4, 0.5) is 0 Å². The van der Waals surface area contributed by atoms with Crippen LogP contribution in [0.3, 0.4) is 0 Å². The lowest BCUT2D eigenvalue weighted by molar-refractivity contribution is 0.0644. The third-order valence-corrected chi connectivity index (χ3v) is 5.16. The molecule has 3 heterocycles. The average molecular weight is 307 g/mol. The molecule has 4 nitrogen and oxygen atoms in total. The van der Waals surface area contributed by atoms with E-state index in [-0.39, 0.29) is 11.9 Å². The van der Waals surface area contributed by atoms with Crippen molar-refractivity contribution >= 4 is 16.8 Å². The number of H-pyrrole nitrogens is 1. The Morgan fingerprint density at radius 1 is 1.22 bits per heavy atom. The topological polar surface area (TPSA) is 41.0 Å². The van der Waals surface area contributed by atoms with E-state index in [1.54, 1.807) is 0 Å². The Balaban J connectivity index is 1.71. The van der Waals surface area contributed by atoms with Crippen LogP contribution in [0, 0.1) is 13.8 Å². The van der Waals surface area contributed by atoms with Gasteiger partial charge in [0.2, 0.25) is 0 Å². The smallest absolute Gasteiger partial charge is 0.254 e. The van der Waals surface area contributed by atoms with E-state index in [4.69, 9.17) is 0 Å². The first-order chi connectivity index (χ1) is 11.1. The zero-order valence-electron chi connectivity index (χ0n) is 13.8. The van der Waals surface area contributed by atoms with E-state index in [2.05, 4.69) is 48.7 Å². The summed E-state index contributed by atoms with van der Waals surface area (Å²) in [7, 11) is 0. The third kappa shape index (κ3) is 2.09. The molecular formula is C19H21N3O. The van der Waals surface area contributed by atoms with E-state index in [0.717, 1.165) is 35.2 Å². The van der Waals surface area contributed by atoms with Gasteiger partial charge < -0.3 is 14.5 Å². The first-order valence-electron chi connectivity index (χ1n) is 8.11. The van der Waals surface area contributed by atoms with Gasteiger partial charge in [0.15, 0.2) is 0 Å². The van der Waals surface area contributed by atoms with Gasteiger partial charge in [-0.1, -0.05) is 0 Å². The molecule has 1 N–H and O–H groups in total. The molecule has 1 amide bonds. The van der Waals surface area contributed by atoms with E-state index < -0.39 is 0 Å². The Morgan fingerprint density at radius 3 is 2.87 bits per heavy atom. The Labute approximate surface area is 135 Å². The maximum absolute atomic E-state index is 13.0. The van der Waals surface area contributed by atoms with Gasteiger partial charge in [-0.3, -0.25) is 4.79 Å². The van der Waals surface area contributed by atoms with Crippen molar-refractivity contribution in [3.8, 4) is 0 Å². The highest BCUT2D eigenvalue weighted by molar-refractivity contribution is 5.99. The molecule has 2 aromatic heterocycles. The number of nitrogens with one attached hydrogen (secondary N) is 1. The number of aromatic nitrogens is 2. The summed E-state index contributed by atoms with van der Waals surface area (Å²) in [5.74, 6) is 0.116. The highest BCUT2D eigenvalue weighted by Crippen LogP contribution is 2.28. The summed E-state index contributed by atoms with van der Waals surface area (Å²) in [6.45, 7) is 7.89. The maximum atomic E-state index is 13.0. The number of nitrogens with zero attached hydrogens (tertiary/aromatic N) is 2. The first kappa shape index (κ1) is 14.1. The molecule has 1 unspecified atom stereocenters. The van der Waals surface area contributed by atoms with Crippen LogP contribution in [0.15, 0.2) is 36.5 Å². The van der Waals surface area contributed by atoms with Crippen molar-refractivity contribution in [2.45, 2.75) is 33.4 Å². The van der Waals surface area contributed by atoms with Crippen molar-refractivity contribution in [3.63, 3.8) is 0 Å². The van der Waals surface area contributed by atoms with Crippen LogP contribution in [0.25, 0.3) is 10.9 Å². The van der Waals surface area contributed by atoms with Gasteiger partial charge in [-0.2, -0.15) is 0 Å². The highest BCUT2D eigenvalue weighted by atomic mass is 16.2. The van der Waals surface area contributed by atoms with Crippen molar-refractivity contribution in [2.24, 2.45) is 0 Å². The first-order valence-corrected chi connectivity index (χ1v) is 8.11. The molecule has 4 rings (SSSR count). The molecule has 0 saturated carbocycles. The monoisotopic (exact) mass is 307 g/mol. The van der Waals surface area contributed by atoms with Crippen LogP contribution >= 0.6 is 0 Å². The molecule has 0 aliphatic carbocycles. The summed E-state index contributed by atoms with van der Waals surface area (Å²) in [4.78, 5) is 18.4. The van der Waals surface area contributed by atoms with Crippen molar-refractivity contribution in [1.82, 2.24) is 14.5 Å². The molecule has 0 spiro atoms. The van der Waals surface area contributed by atoms with Crippen LogP contribution < -0.4 is 0 Å². The number of rotatable bonds is 1. The summed E-state index contributed by atoms with van der Waals surface area (Å²) in [5.41, 5.74) is 5.45. The molecule has 0 fully saturated rings. The number of aromatic amines is 1. The minimum atomic E-state index is 0.107. The summed E-state index contributed by atoms with van der Waals surface area (Å²) < 4.78 is 2.23. The molecule has 1 atom stereocenters. The Morgan fingerprint density at radius 2 is 2.04 bits per heavy atom. The molecule has 1 aliphatic rings. The zero-order chi connectivity index (χ0) is 16.1. The van der Waals surface area contributed by atoms with E-state index in [1.165, 1.54) is 11.3 Å². The predicted octanol–water partition coefficient (Wildman–Crippen LogP) is 3.80. The standard InChI is InChI=1S/C19H21N3O/c1-12-13(2)20-17-7-6-15(11-16(12)17)19(23)22-10-9-21-8-4-5-18(21)14(22)3/h4-8,11,14,20H,9-10H2,1-3H3. The van der Waals surface area contributed by atoms with Gasteiger partial charge in [0.05, 0.1) is 6.04 Å². The van der Waals surface area contributed by atoms with Gasteiger partial charge >= 0.3 is 0 Å². The second-order valence-electron chi connectivity index (χ2n) is 6.44. The van der Waals surface area contributed by atoms with Gasteiger partial charge in [0, 0.05) is 47.1 Å². The molecule has 118 valence electrons. The van der Waals surface area contributed by atoms with Gasteiger partial charge in [-0.15, -0.1) is 0 Å². The molecule has 3 aromatic rings. The Bertz CT molecular complexity index is 903. The number of hydrogen-bond acceptors (Lipinski definition) is 1. The Hall–Kier alpha value is -2.49. The van der Waals surface area contributed by atoms with Crippen molar-refractivity contribution in [2.75, 3.05) is 6.54 Å². The lowest BCUT2D eigenvalue weighted by Crippen LogP contribution is -2.40. The van der Waals surface area contributed by atoms with Crippen LogP contribution in [0.5, 0.6) is 0 Å². The average Bonchev–Trinajstić information content (AvgIpc) is 3.13. The lowest BCUT2D eigenvalue weighted by atomic mass is 10.1. The van der Waals surface area contributed by atoms with Crippen molar-refractivity contribution in [3.05, 3.63) is 59.0 Å². The van der Waals surface area contributed by atoms with Gasteiger partial charge in [0.1, 0.15) is 0 Å². The maximum Gasteiger partial charge on any atom is 0.254 e. The van der Waals surface area contributed by atoms with Gasteiger partial charge in [-0.05, 0) is 56.7 Å². The van der Waals surface area contributed by atoms with E-state index in [9.17, 15) is 4.79 Å². The largest absolute Gasteiger partial charge is 0.358 e. The van der Waals surface area contributed by atoms with Crippen LogP contribution in [-0.4, -0.2) is 26.9 Å². The number of fused-ring (bicyclic) bond motifs is 2. The molecular weight excluding hydrogens is 286 g/mol. The predicted molar refractivity (Wildman–Crippen MR) is 91.7 cm³/mol. The molecule has 0 radical (unpaired) electrons. The molecule has 1 aliphatic heterocycles. The molecule has 0 saturated heterocycles. The second kappa shape index (κ2) is 5.01.